The summed E-state index contributed by atoms with van der Waals surface area (Å²) in [7, 11) is 1.87. The number of nitrogens with zero attached hydrogens (tertiary/aromatic N) is 2. The Labute approximate surface area is 102 Å². The Bertz CT molecular complexity index is 399. The van der Waals surface area contributed by atoms with Crippen molar-refractivity contribution in [1.82, 2.24) is 15.1 Å². The molecule has 5 nitrogen and oxygen atoms in total. The zero-order valence-electron chi connectivity index (χ0n) is 10.7. The van der Waals surface area contributed by atoms with Gasteiger partial charge in [-0.3, -0.25) is 9.48 Å². The third-order valence-electron chi connectivity index (χ3n) is 3.64. The number of rotatable bonds is 3. The molecule has 2 heterocycles. The van der Waals surface area contributed by atoms with Gasteiger partial charge in [0.05, 0.1) is 5.54 Å². The van der Waals surface area contributed by atoms with E-state index in [1.807, 2.05) is 27.0 Å². The Balaban J connectivity index is 2.10. The van der Waals surface area contributed by atoms with Crippen LogP contribution in [0, 0.1) is 6.92 Å². The van der Waals surface area contributed by atoms with Crippen LogP contribution in [0.4, 0.5) is 5.82 Å². The fourth-order valence-corrected chi connectivity index (χ4v) is 2.32. The Morgan fingerprint density at radius 2 is 2.47 bits per heavy atom. The molecule has 0 aromatic carbocycles. The molecule has 1 atom stereocenters. The predicted molar refractivity (Wildman–Crippen MR) is 66.8 cm³/mol. The van der Waals surface area contributed by atoms with Gasteiger partial charge in [-0.15, -0.1) is 0 Å². The zero-order chi connectivity index (χ0) is 12.5. The van der Waals surface area contributed by atoms with Gasteiger partial charge in [0.1, 0.15) is 0 Å². The molecule has 0 saturated carbocycles. The van der Waals surface area contributed by atoms with Crippen molar-refractivity contribution in [2.75, 3.05) is 11.9 Å². The van der Waals surface area contributed by atoms with Crippen LogP contribution in [0.25, 0.3) is 0 Å². The standard InChI is InChI=1S/C12H20N4O/c1-4-12(6-5-7-13-12)11(17)14-10-8-9(2)16(3)15-10/h8,13H,4-7H2,1-3H3,(H,14,15,17). The summed E-state index contributed by atoms with van der Waals surface area (Å²) in [6.45, 7) is 4.93. The van der Waals surface area contributed by atoms with E-state index in [0.29, 0.717) is 5.82 Å². The van der Waals surface area contributed by atoms with Crippen molar-refractivity contribution in [2.45, 2.75) is 38.6 Å². The fourth-order valence-electron chi connectivity index (χ4n) is 2.32. The molecule has 1 saturated heterocycles. The average Bonchev–Trinajstić information content (AvgIpc) is 2.88. The predicted octanol–water partition coefficient (Wildman–Crippen LogP) is 1.20. The summed E-state index contributed by atoms with van der Waals surface area (Å²) in [6, 6.07) is 1.89. The molecule has 1 fully saturated rings. The van der Waals surface area contributed by atoms with E-state index in [1.54, 1.807) is 4.68 Å². The number of amides is 1. The molecule has 2 N–H and O–H groups in total. The zero-order valence-corrected chi connectivity index (χ0v) is 10.7. The van der Waals surface area contributed by atoms with Gasteiger partial charge in [0, 0.05) is 18.8 Å². The number of aromatic nitrogens is 2. The quantitative estimate of drug-likeness (QED) is 0.829. The van der Waals surface area contributed by atoms with Gasteiger partial charge in [-0.25, -0.2) is 0 Å². The molecule has 1 aliphatic heterocycles. The first-order valence-electron chi connectivity index (χ1n) is 6.14. The number of anilines is 1. The van der Waals surface area contributed by atoms with Crippen LogP contribution in [0.15, 0.2) is 6.07 Å². The van der Waals surface area contributed by atoms with Crippen LogP contribution in [0.1, 0.15) is 31.9 Å². The highest BCUT2D eigenvalue weighted by molar-refractivity contribution is 5.97. The molecule has 0 bridgehead atoms. The van der Waals surface area contributed by atoms with E-state index in [2.05, 4.69) is 15.7 Å². The Morgan fingerprint density at radius 1 is 1.71 bits per heavy atom. The van der Waals surface area contributed by atoms with E-state index in [4.69, 9.17) is 0 Å². The van der Waals surface area contributed by atoms with E-state index in [9.17, 15) is 4.79 Å². The van der Waals surface area contributed by atoms with Crippen LogP contribution in [-0.4, -0.2) is 27.8 Å². The van der Waals surface area contributed by atoms with Crippen LogP contribution in [0.5, 0.6) is 0 Å². The molecular weight excluding hydrogens is 216 g/mol. The molecule has 1 unspecified atom stereocenters. The SMILES string of the molecule is CCC1(C(=O)Nc2cc(C)n(C)n2)CCCN1. The highest BCUT2D eigenvalue weighted by Gasteiger charge is 2.39. The summed E-state index contributed by atoms with van der Waals surface area (Å²) in [6.07, 6.45) is 2.77. The summed E-state index contributed by atoms with van der Waals surface area (Å²) in [4.78, 5) is 12.3. The Morgan fingerprint density at radius 3 is 2.94 bits per heavy atom. The van der Waals surface area contributed by atoms with E-state index in [1.165, 1.54) is 0 Å². The number of nitrogens with one attached hydrogen (secondary N) is 2. The van der Waals surface area contributed by atoms with Gasteiger partial charge in [0.25, 0.3) is 0 Å². The van der Waals surface area contributed by atoms with Gasteiger partial charge >= 0.3 is 0 Å². The lowest BCUT2D eigenvalue weighted by atomic mass is 9.93. The van der Waals surface area contributed by atoms with Gasteiger partial charge in [-0.05, 0) is 32.7 Å². The van der Waals surface area contributed by atoms with Crippen molar-refractivity contribution in [3.05, 3.63) is 11.8 Å². The monoisotopic (exact) mass is 236 g/mol. The number of hydrogen-bond acceptors (Lipinski definition) is 3. The third kappa shape index (κ3) is 2.20. The van der Waals surface area contributed by atoms with Crippen LogP contribution >= 0.6 is 0 Å². The number of carbonyl (C=O) groups excluding carboxylic acids is 1. The summed E-state index contributed by atoms with van der Waals surface area (Å²) in [5, 5.41) is 10.5. The van der Waals surface area contributed by atoms with Crippen molar-refractivity contribution in [3.8, 4) is 0 Å². The molecule has 5 heteroatoms. The van der Waals surface area contributed by atoms with Crippen LogP contribution in [0.2, 0.25) is 0 Å². The van der Waals surface area contributed by atoms with Crippen molar-refractivity contribution in [2.24, 2.45) is 7.05 Å². The fraction of sp³-hybridized carbons (Fsp3) is 0.667. The lowest BCUT2D eigenvalue weighted by molar-refractivity contribution is -0.122. The van der Waals surface area contributed by atoms with Gasteiger partial charge < -0.3 is 10.6 Å². The summed E-state index contributed by atoms with van der Waals surface area (Å²) in [5.74, 6) is 0.673. The first-order chi connectivity index (χ1) is 8.07. The third-order valence-corrected chi connectivity index (χ3v) is 3.64. The number of aryl methyl sites for hydroxylation is 2. The molecule has 1 amide bonds. The van der Waals surface area contributed by atoms with Crippen molar-refractivity contribution >= 4 is 11.7 Å². The summed E-state index contributed by atoms with van der Waals surface area (Å²) < 4.78 is 1.76. The molecule has 0 spiro atoms. The van der Waals surface area contributed by atoms with Gasteiger partial charge in [0.2, 0.25) is 5.91 Å². The van der Waals surface area contributed by atoms with E-state index >= 15 is 0 Å². The Kier molecular flexibility index (Phi) is 3.19. The second kappa shape index (κ2) is 4.49. The Hall–Kier alpha value is -1.36. The molecule has 1 aromatic heterocycles. The largest absolute Gasteiger partial charge is 0.308 e. The lowest BCUT2D eigenvalue weighted by Gasteiger charge is -2.26. The second-order valence-corrected chi connectivity index (χ2v) is 4.71. The maximum Gasteiger partial charge on any atom is 0.245 e. The smallest absolute Gasteiger partial charge is 0.245 e. The molecule has 1 aliphatic rings. The minimum atomic E-state index is -0.397. The maximum atomic E-state index is 12.3. The van der Waals surface area contributed by atoms with Crippen LogP contribution < -0.4 is 10.6 Å². The lowest BCUT2D eigenvalue weighted by Crippen LogP contribution is -2.50. The molecule has 94 valence electrons. The van der Waals surface area contributed by atoms with E-state index in [0.717, 1.165) is 31.5 Å². The number of hydrogen-bond donors (Lipinski definition) is 2. The minimum absolute atomic E-state index is 0.0376. The maximum absolute atomic E-state index is 12.3. The average molecular weight is 236 g/mol. The first-order valence-corrected chi connectivity index (χ1v) is 6.14. The van der Waals surface area contributed by atoms with Gasteiger partial charge in [-0.1, -0.05) is 6.92 Å². The minimum Gasteiger partial charge on any atom is -0.308 e. The normalized spacial score (nSPS) is 23.9. The molecular formula is C12H20N4O. The highest BCUT2D eigenvalue weighted by atomic mass is 16.2. The second-order valence-electron chi connectivity index (χ2n) is 4.71. The molecule has 1 aromatic rings. The topological polar surface area (TPSA) is 59.0 Å². The first kappa shape index (κ1) is 12.1. The van der Waals surface area contributed by atoms with E-state index < -0.39 is 5.54 Å². The van der Waals surface area contributed by atoms with Crippen molar-refractivity contribution < 1.29 is 4.79 Å². The number of carbonyl (C=O) groups is 1. The molecule has 0 aliphatic carbocycles. The van der Waals surface area contributed by atoms with Crippen molar-refractivity contribution in [1.29, 1.82) is 0 Å². The van der Waals surface area contributed by atoms with Crippen molar-refractivity contribution in [3.63, 3.8) is 0 Å². The van der Waals surface area contributed by atoms with E-state index in [-0.39, 0.29) is 5.91 Å². The van der Waals surface area contributed by atoms with Crippen LogP contribution in [-0.2, 0) is 11.8 Å². The molecule has 17 heavy (non-hydrogen) atoms. The summed E-state index contributed by atoms with van der Waals surface area (Å²) >= 11 is 0. The van der Waals surface area contributed by atoms with Crippen LogP contribution in [0.3, 0.4) is 0 Å². The van der Waals surface area contributed by atoms with Gasteiger partial charge in [-0.2, -0.15) is 5.10 Å². The van der Waals surface area contributed by atoms with Gasteiger partial charge in [0.15, 0.2) is 5.82 Å². The highest BCUT2D eigenvalue weighted by Crippen LogP contribution is 2.24. The molecule has 0 radical (unpaired) electrons. The molecule has 2 rings (SSSR count). The summed E-state index contributed by atoms with van der Waals surface area (Å²) in [5.41, 5.74) is 0.635.